The summed E-state index contributed by atoms with van der Waals surface area (Å²) in [7, 11) is 1.91. The Bertz CT molecular complexity index is 395. The fourth-order valence-electron chi connectivity index (χ4n) is 1.96. The van der Waals surface area contributed by atoms with Gasteiger partial charge in [-0.1, -0.05) is 0 Å². The molecule has 0 bridgehead atoms. The van der Waals surface area contributed by atoms with E-state index < -0.39 is 0 Å². The van der Waals surface area contributed by atoms with Gasteiger partial charge < -0.3 is 15.8 Å². The molecule has 18 heavy (non-hydrogen) atoms. The second-order valence-corrected chi connectivity index (χ2v) is 4.52. The fraction of sp³-hybridized carbons (Fsp3) is 0.667. The minimum absolute atomic E-state index is 0.251. The summed E-state index contributed by atoms with van der Waals surface area (Å²) in [4.78, 5) is 4.28. The van der Waals surface area contributed by atoms with Gasteiger partial charge in [0, 0.05) is 32.8 Å². The average molecular weight is 251 g/mol. The van der Waals surface area contributed by atoms with Gasteiger partial charge in [0.05, 0.1) is 18.3 Å². The van der Waals surface area contributed by atoms with E-state index in [0.29, 0.717) is 12.5 Å². The van der Waals surface area contributed by atoms with E-state index in [9.17, 15) is 0 Å². The van der Waals surface area contributed by atoms with Crippen molar-refractivity contribution in [2.75, 3.05) is 19.7 Å². The number of nitrogens with two attached hydrogens (primary N) is 1. The molecule has 0 saturated carbocycles. The van der Waals surface area contributed by atoms with Crippen LogP contribution < -0.4 is 11.1 Å². The molecule has 1 aliphatic heterocycles. The molecule has 2 heterocycles. The van der Waals surface area contributed by atoms with Crippen LogP contribution in [0.2, 0.25) is 0 Å². The number of rotatable bonds is 5. The minimum atomic E-state index is 0.251. The molecule has 1 saturated heterocycles. The summed E-state index contributed by atoms with van der Waals surface area (Å²) in [6.07, 6.45) is 5.25. The lowest BCUT2D eigenvalue weighted by Crippen LogP contribution is -2.34. The number of guanidine groups is 1. The molecule has 0 aromatic carbocycles. The third-order valence-electron chi connectivity index (χ3n) is 2.95. The SMILES string of the molecule is Cn1ccc(CCNC(N)=NCC2CCCO2)n1. The first-order chi connectivity index (χ1) is 8.74. The lowest BCUT2D eigenvalue weighted by Gasteiger charge is -2.07. The van der Waals surface area contributed by atoms with Gasteiger partial charge in [0.1, 0.15) is 0 Å². The van der Waals surface area contributed by atoms with Crippen molar-refractivity contribution in [1.29, 1.82) is 0 Å². The summed E-state index contributed by atoms with van der Waals surface area (Å²) in [6.45, 7) is 2.26. The number of hydrogen-bond donors (Lipinski definition) is 2. The third kappa shape index (κ3) is 4.03. The van der Waals surface area contributed by atoms with Gasteiger partial charge in [0.2, 0.25) is 0 Å². The van der Waals surface area contributed by atoms with Gasteiger partial charge in [-0.15, -0.1) is 0 Å². The average Bonchev–Trinajstić information content (AvgIpc) is 2.98. The molecule has 1 aromatic heterocycles. The molecule has 0 radical (unpaired) electrons. The Morgan fingerprint density at radius 3 is 3.28 bits per heavy atom. The summed E-state index contributed by atoms with van der Waals surface area (Å²) < 4.78 is 7.27. The number of aryl methyl sites for hydroxylation is 1. The number of nitrogens with zero attached hydrogens (tertiary/aromatic N) is 3. The van der Waals surface area contributed by atoms with E-state index >= 15 is 0 Å². The first-order valence-electron chi connectivity index (χ1n) is 6.38. The van der Waals surface area contributed by atoms with Crippen molar-refractivity contribution in [3.63, 3.8) is 0 Å². The second-order valence-electron chi connectivity index (χ2n) is 4.52. The molecule has 100 valence electrons. The summed E-state index contributed by atoms with van der Waals surface area (Å²) in [5, 5.41) is 7.38. The number of hydrogen-bond acceptors (Lipinski definition) is 3. The van der Waals surface area contributed by atoms with Gasteiger partial charge >= 0.3 is 0 Å². The largest absolute Gasteiger partial charge is 0.376 e. The fourth-order valence-corrected chi connectivity index (χ4v) is 1.96. The molecule has 1 unspecified atom stereocenters. The van der Waals surface area contributed by atoms with E-state index in [2.05, 4.69) is 15.4 Å². The van der Waals surface area contributed by atoms with Crippen molar-refractivity contribution in [2.45, 2.75) is 25.4 Å². The Kier molecular flexibility index (Phi) is 4.58. The number of aliphatic imine (C=N–C) groups is 1. The normalized spacial score (nSPS) is 20.3. The zero-order valence-electron chi connectivity index (χ0n) is 10.8. The third-order valence-corrected chi connectivity index (χ3v) is 2.95. The van der Waals surface area contributed by atoms with Gasteiger partial charge in [0.25, 0.3) is 0 Å². The van der Waals surface area contributed by atoms with Gasteiger partial charge in [-0.2, -0.15) is 5.10 Å². The summed E-state index contributed by atoms with van der Waals surface area (Å²) >= 11 is 0. The van der Waals surface area contributed by atoms with Crippen molar-refractivity contribution in [1.82, 2.24) is 15.1 Å². The zero-order chi connectivity index (χ0) is 12.8. The lowest BCUT2D eigenvalue weighted by molar-refractivity contribution is 0.118. The topological polar surface area (TPSA) is 77.5 Å². The van der Waals surface area contributed by atoms with Crippen LogP contribution in [0.4, 0.5) is 0 Å². The van der Waals surface area contributed by atoms with Crippen LogP contribution in [0.1, 0.15) is 18.5 Å². The number of nitrogens with one attached hydrogen (secondary N) is 1. The molecule has 0 amide bonds. The van der Waals surface area contributed by atoms with Gasteiger partial charge in [0.15, 0.2) is 5.96 Å². The minimum Gasteiger partial charge on any atom is -0.376 e. The Hall–Kier alpha value is -1.56. The Balaban J connectivity index is 1.64. The predicted molar refractivity (Wildman–Crippen MR) is 70.4 cm³/mol. The van der Waals surface area contributed by atoms with Gasteiger partial charge in [-0.05, 0) is 18.9 Å². The highest BCUT2D eigenvalue weighted by molar-refractivity contribution is 5.77. The molecule has 6 nitrogen and oxygen atoms in total. The van der Waals surface area contributed by atoms with Crippen molar-refractivity contribution < 1.29 is 4.74 Å². The highest BCUT2D eigenvalue weighted by Gasteiger charge is 2.14. The molecule has 0 spiro atoms. The molecule has 1 fully saturated rings. The highest BCUT2D eigenvalue weighted by Crippen LogP contribution is 2.11. The summed E-state index contributed by atoms with van der Waals surface area (Å²) in [6, 6.07) is 2.00. The Morgan fingerprint density at radius 1 is 1.72 bits per heavy atom. The van der Waals surface area contributed by atoms with Crippen molar-refractivity contribution in [3.05, 3.63) is 18.0 Å². The van der Waals surface area contributed by atoms with E-state index in [-0.39, 0.29) is 6.10 Å². The van der Waals surface area contributed by atoms with Crippen LogP contribution in [-0.2, 0) is 18.2 Å². The standard InChI is InChI=1S/C12H21N5O/c1-17-7-5-10(16-17)4-6-14-12(13)15-9-11-3-2-8-18-11/h5,7,11H,2-4,6,8-9H2,1H3,(H3,13,14,15). The molecule has 2 rings (SSSR count). The molecule has 0 aliphatic carbocycles. The molecule has 1 aliphatic rings. The quantitative estimate of drug-likeness (QED) is 0.572. The second kappa shape index (κ2) is 6.39. The maximum absolute atomic E-state index is 5.78. The van der Waals surface area contributed by atoms with Gasteiger partial charge in [-0.25, -0.2) is 0 Å². The van der Waals surface area contributed by atoms with Crippen molar-refractivity contribution in [3.8, 4) is 0 Å². The lowest BCUT2D eigenvalue weighted by atomic mass is 10.2. The maximum Gasteiger partial charge on any atom is 0.188 e. The molecule has 3 N–H and O–H groups in total. The van der Waals surface area contributed by atoms with Crippen molar-refractivity contribution >= 4 is 5.96 Å². The smallest absolute Gasteiger partial charge is 0.188 e. The maximum atomic E-state index is 5.78. The first kappa shape index (κ1) is 12.9. The monoisotopic (exact) mass is 251 g/mol. The molecular formula is C12H21N5O. The summed E-state index contributed by atoms with van der Waals surface area (Å²) in [5.74, 6) is 0.487. The van der Waals surface area contributed by atoms with E-state index in [0.717, 1.165) is 38.1 Å². The molecule has 1 aromatic rings. The van der Waals surface area contributed by atoms with Crippen LogP contribution in [0.3, 0.4) is 0 Å². The van der Waals surface area contributed by atoms with E-state index in [1.54, 1.807) is 4.68 Å². The van der Waals surface area contributed by atoms with E-state index in [1.807, 2.05) is 19.3 Å². The Morgan fingerprint density at radius 2 is 2.61 bits per heavy atom. The highest BCUT2D eigenvalue weighted by atomic mass is 16.5. The summed E-state index contributed by atoms with van der Waals surface area (Å²) in [5.41, 5.74) is 6.83. The first-order valence-corrected chi connectivity index (χ1v) is 6.38. The van der Waals surface area contributed by atoms with Crippen molar-refractivity contribution in [2.24, 2.45) is 17.8 Å². The molecule has 6 heteroatoms. The molecular weight excluding hydrogens is 230 g/mol. The van der Waals surface area contributed by atoms with Crippen LogP contribution in [0.25, 0.3) is 0 Å². The van der Waals surface area contributed by atoms with Crippen LogP contribution in [0.15, 0.2) is 17.3 Å². The number of aromatic nitrogens is 2. The predicted octanol–water partition coefficient (Wildman–Crippen LogP) is 0.0459. The van der Waals surface area contributed by atoms with E-state index in [4.69, 9.17) is 10.5 Å². The van der Waals surface area contributed by atoms with Gasteiger partial charge in [-0.3, -0.25) is 9.67 Å². The van der Waals surface area contributed by atoms with Crippen LogP contribution in [-0.4, -0.2) is 41.5 Å². The van der Waals surface area contributed by atoms with E-state index in [1.165, 1.54) is 0 Å². The zero-order valence-corrected chi connectivity index (χ0v) is 10.8. The van der Waals surface area contributed by atoms with Crippen LogP contribution >= 0.6 is 0 Å². The number of ether oxygens (including phenoxy) is 1. The van der Waals surface area contributed by atoms with Crippen LogP contribution in [0, 0.1) is 0 Å². The van der Waals surface area contributed by atoms with Crippen LogP contribution in [0.5, 0.6) is 0 Å². The Labute approximate surface area is 107 Å². The molecule has 1 atom stereocenters.